The van der Waals surface area contributed by atoms with Gasteiger partial charge in [-0.15, -0.1) is 0 Å². The highest BCUT2D eigenvalue weighted by atomic mass is 79.9. The average Bonchev–Trinajstić information content (AvgIpc) is 3.08. The molecule has 0 aliphatic carbocycles. The molecule has 0 saturated carbocycles. The van der Waals surface area contributed by atoms with Crippen molar-refractivity contribution in [3.63, 3.8) is 0 Å². The Bertz CT molecular complexity index is 1210. The Kier molecular flexibility index (Phi) is 4.32. The fourth-order valence-corrected chi connectivity index (χ4v) is 3.58. The lowest BCUT2D eigenvalue weighted by Gasteiger charge is -2.09. The summed E-state index contributed by atoms with van der Waals surface area (Å²) >= 11 is 3.39. The van der Waals surface area contributed by atoms with E-state index < -0.39 is 0 Å². The van der Waals surface area contributed by atoms with Crippen LogP contribution in [-0.2, 0) is 0 Å². The Morgan fingerprint density at radius 3 is 2.30 bits per heavy atom. The standard InChI is InChI=1S/C22H16BrNO3/c1-13(25)18-12-21(22(26)14-3-6-16(23)7-4-14)24-19-10-8-17(27-2)11-15(19)5-9-20(18)24/h3-12H,1-2H3. The molecular formula is C22H16BrNO3. The molecule has 2 heterocycles. The lowest BCUT2D eigenvalue weighted by Crippen LogP contribution is -2.05. The van der Waals surface area contributed by atoms with Gasteiger partial charge in [-0.05, 0) is 61.5 Å². The normalized spacial score (nSPS) is 11.1. The van der Waals surface area contributed by atoms with E-state index in [1.54, 1.807) is 25.3 Å². The molecule has 4 rings (SSSR count). The van der Waals surface area contributed by atoms with Crippen LogP contribution in [0.4, 0.5) is 0 Å². The number of halogens is 1. The summed E-state index contributed by atoms with van der Waals surface area (Å²) in [5.41, 5.74) is 3.14. The maximum atomic E-state index is 13.2. The summed E-state index contributed by atoms with van der Waals surface area (Å²) in [7, 11) is 1.62. The van der Waals surface area contributed by atoms with Crippen LogP contribution >= 0.6 is 15.9 Å². The third kappa shape index (κ3) is 2.94. The van der Waals surface area contributed by atoms with Crippen molar-refractivity contribution in [3.8, 4) is 5.75 Å². The van der Waals surface area contributed by atoms with Crippen molar-refractivity contribution >= 4 is 43.9 Å². The minimum atomic E-state index is -0.131. The first-order chi connectivity index (χ1) is 13.0. The molecule has 2 aromatic carbocycles. The number of aromatic nitrogens is 1. The number of ketones is 2. The number of Topliss-reactive ketones (excluding diaryl/α,β-unsaturated/α-hetero) is 1. The highest BCUT2D eigenvalue weighted by molar-refractivity contribution is 9.10. The van der Waals surface area contributed by atoms with Crippen molar-refractivity contribution in [2.75, 3.05) is 7.11 Å². The average molecular weight is 422 g/mol. The first-order valence-corrected chi connectivity index (χ1v) is 9.22. The molecule has 0 atom stereocenters. The number of pyridine rings is 1. The summed E-state index contributed by atoms with van der Waals surface area (Å²) in [6, 6.07) is 18.4. The number of nitrogens with zero attached hydrogens (tertiary/aromatic N) is 1. The second kappa shape index (κ2) is 6.67. The summed E-state index contributed by atoms with van der Waals surface area (Å²) in [6.07, 6.45) is 0. The third-order valence-electron chi connectivity index (χ3n) is 4.65. The van der Waals surface area contributed by atoms with E-state index >= 15 is 0 Å². The fraction of sp³-hybridized carbons (Fsp3) is 0.0909. The number of carbonyl (C=O) groups is 2. The number of ether oxygens (including phenoxy) is 1. The van der Waals surface area contributed by atoms with E-state index in [-0.39, 0.29) is 11.6 Å². The Labute approximate surface area is 164 Å². The lowest BCUT2D eigenvalue weighted by atomic mass is 10.1. The van der Waals surface area contributed by atoms with E-state index in [0.717, 1.165) is 26.6 Å². The van der Waals surface area contributed by atoms with Crippen LogP contribution in [0.15, 0.2) is 65.1 Å². The number of methoxy groups -OCH3 is 1. The Morgan fingerprint density at radius 2 is 1.63 bits per heavy atom. The van der Waals surface area contributed by atoms with Gasteiger partial charge >= 0.3 is 0 Å². The molecule has 0 aliphatic rings. The predicted octanol–water partition coefficient (Wildman–Crippen LogP) is 5.30. The van der Waals surface area contributed by atoms with Crippen LogP contribution in [0.25, 0.3) is 16.4 Å². The first kappa shape index (κ1) is 17.5. The van der Waals surface area contributed by atoms with Gasteiger partial charge in [0.2, 0.25) is 5.78 Å². The third-order valence-corrected chi connectivity index (χ3v) is 5.18. The fourth-order valence-electron chi connectivity index (χ4n) is 3.31. The van der Waals surface area contributed by atoms with Crippen LogP contribution in [0.3, 0.4) is 0 Å². The number of carbonyl (C=O) groups excluding carboxylic acids is 2. The molecular weight excluding hydrogens is 406 g/mol. The van der Waals surface area contributed by atoms with E-state index in [1.807, 2.05) is 46.9 Å². The molecule has 134 valence electrons. The summed E-state index contributed by atoms with van der Waals surface area (Å²) in [5, 5.41) is 0.928. The van der Waals surface area contributed by atoms with E-state index in [0.29, 0.717) is 16.8 Å². The second-order valence-corrected chi connectivity index (χ2v) is 7.23. The van der Waals surface area contributed by atoms with Crippen molar-refractivity contribution in [1.29, 1.82) is 0 Å². The number of hydrogen-bond donors (Lipinski definition) is 0. The zero-order valence-electron chi connectivity index (χ0n) is 14.8. The minimum absolute atomic E-state index is 0.0739. The smallest absolute Gasteiger partial charge is 0.209 e. The predicted molar refractivity (Wildman–Crippen MR) is 109 cm³/mol. The highest BCUT2D eigenvalue weighted by Crippen LogP contribution is 2.28. The number of fused-ring (bicyclic) bond motifs is 3. The Morgan fingerprint density at radius 1 is 0.926 bits per heavy atom. The van der Waals surface area contributed by atoms with Crippen molar-refractivity contribution in [2.45, 2.75) is 6.92 Å². The van der Waals surface area contributed by atoms with Crippen LogP contribution in [0.2, 0.25) is 0 Å². The van der Waals surface area contributed by atoms with E-state index in [2.05, 4.69) is 15.9 Å². The van der Waals surface area contributed by atoms with Gasteiger partial charge in [0.05, 0.1) is 23.8 Å². The van der Waals surface area contributed by atoms with Crippen LogP contribution in [0.1, 0.15) is 33.3 Å². The van der Waals surface area contributed by atoms with Gasteiger partial charge in [0.15, 0.2) is 5.78 Å². The van der Waals surface area contributed by atoms with Crippen LogP contribution in [0, 0.1) is 0 Å². The maximum Gasteiger partial charge on any atom is 0.209 e. The molecule has 0 spiro atoms. The summed E-state index contributed by atoms with van der Waals surface area (Å²) in [4.78, 5) is 25.4. The first-order valence-electron chi connectivity index (χ1n) is 8.43. The topological polar surface area (TPSA) is 47.8 Å². The number of rotatable bonds is 4. The molecule has 4 nitrogen and oxygen atoms in total. The zero-order chi connectivity index (χ0) is 19.1. The molecule has 0 bridgehead atoms. The van der Waals surface area contributed by atoms with E-state index in [1.165, 1.54) is 6.92 Å². The van der Waals surface area contributed by atoms with Crippen molar-refractivity contribution in [1.82, 2.24) is 4.40 Å². The SMILES string of the molecule is COc1ccc2c(ccc3c(C(C)=O)cc(C(=O)c4ccc(Br)cc4)n32)c1. The highest BCUT2D eigenvalue weighted by Gasteiger charge is 2.20. The Balaban J connectivity index is 2.03. The molecule has 27 heavy (non-hydrogen) atoms. The minimum Gasteiger partial charge on any atom is -0.497 e. The van der Waals surface area contributed by atoms with Gasteiger partial charge in [0, 0.05) is 21.0 Å². The van der Waals surface area contributed by atoms with Crippen LogP contribution in [0.5, 0.6) is 5.75 Å². The molecule has 0 amide bonds. The quantitative estimate of drug-likeness (QED) is 0.420. The van der Waals surface area contributed by atoms with Gasteiger partial charge in [-0.2, -0.15) is 0 Å². The number of hydrogen-bond acceptors (Lipinski definition) is 3. The van der Waals surface area contributed by atoms with E-state index in [9.17, 15) is 9.59 Å². The van der Waals surface area contributed by atoms with Gasteiger partial charge in [-0.3, -0.25) is 9.59 Å². The zero-order valence-corrected chi connectivity index (χ0v) is 16.4. The molecule has 0 saturated heterocycles. The summed E-state index contributed by atoms with van der Waals surface area (Å²) < 4.78 is 8.06. The van der Waals surface area contributed by atoms with Crippen molar-refractivity contribution in [2.24, 2.45) is 0 Å². The number of benzene rings is 2. The monoisotopic (exact) mass is 421 g/mol. The van der Waals surface area contributed by atoms with Gasteiger partial charge < -0.3 is 9.14 Å². The van der Waals surface area contributed by atoms with Crippen LogP contribution < -0.4 is 4.74 Å². The molecule has 0 N–H and O–H groups in total. The van der Waals surface area contributed by atoms with Gasteiger partial charge in [0.25, 0.3) is 0 Å². The molecule has 5 heteroatoms. The summed E-state index contributed by atoms with van der Waals surface area (Å²) in [5.74, 6) is 0.533. The van der Waals surface area contributed by atoms with Crippen molar-refractivity contribution < 1.29 is 14.3 Å². The molecule has 0 aliphatic heterocycles. The van der Waals surface area contributed by atoms with Crippen molar-refractivity contribution in [3.05, 3.63) is 82.0 Å². The van der Waals surface area contributed by atoms with E-state index in [4.69, 9.17) is 4.74 Å². The molecule has 0 radical (unpaired) electrons. The lowest BCUT2D eigenvalue weighted by molar-refractivity contribution is 0.101. The Hall–Kier alpha value is -2.92. The second-order valence-electron chi connectivity index (χ2n) is 6.31. The largest absolute Gasteiger partial charge is 0.497 e. The van der Waals surface area contributed by atoms with Gasteiger partial charge in [0.1, 0.15) is 5.75 Å². The molecule has 0 fully saturated rings. The molecule has 0 unspecified atom stereocenters. The molecule has 2 aromatic heterocycles. The van der Waals surface area contributed by atoms with Crippen LogP contribution in [-0.4, -0.2) is 23.1 Å². The van der Waals surface area contributed by atoms with Gasteiger partial charge in [-0.1, -0.05) is 22.0 Å². The molecule has 4 aromatic rings. The van der Waals surface area contributed by atoms with Gasteiger partial charge in [-0.25, -0.2) is 0 Å². The maximum absolute atomic E-state index is 13.2. The summed E-state index contributed by atoms with van der Waals surface area (Å²) in [6.45, 7) is 1.52.